The van der Waals surface area contributed by atoms with Crippen LogP contribution < -0.4 is 5.32 Å². The van der Waals surface area contributed by atoms with Crippen LogP contribution in [-0.4, -0.2) is 38.8 Å². The van der Waals surface area contributed by atoms with Crippen LogP contribution in [0.1, 0.15) is 47.4 Å². The monoisotopic (exact) mass is 432 g/mol. The molecular formula is C25H28N4OS. The van der Waals surface area contributed by atoms with Crippen molar-refractivity contribution in [3.05, 3.63) is 83.4 Å². The number of hydrogen-bond acceptors (Lipinski definition) is 3. The molecule has 2 saturated heterocycles. The number of ether oxygens (including phenoxy) is 1. The molecule has 2 aliphatic heterocycles. The zero-order valence-electron chi connectivity index (χ0n) is 18.0. The Morgan fingerprint density at radius 2 is 2.03 bits per heavy atom. The van der Waals surface area contributed by atoms with Crippen molar-refractivity contribution in [2.24, 2.45) is 0 Å². The molecule has 0 radical (unpaired) electrons. The highest BCUT2D eigenvalue weighted by atomic mass is 32.1. The van der Waals surface area contributed by atoms with E-state index in [1.54, 1.807) is 0 Å². The molecule has 5 nitrogen and oxygen atoms in total. The van der Waals surface area contributed by atoms with Gasteiger partial charge in [-0.1, -0.05) is 12.1 Å². The summed E-state index contributed by atoms with van der Waals surface area (Å²) in [5.74, 6) is 0. The molecule has 2 aliphatic rings. The molecule has 4 heterocycles. The lowest BCUT2D eigenvalue weighted by Crippen LogP contribution is -2.36. The maximum Gasteiger partial charge on any atom is 0.170 e. The second-order valence-corrected chi connectivity index (χ2v) is 8.87. The van der Waals surface area contributed by atoms with Crippen molar-refractivity contribution in [2.45, 2.75) is 44.9 Å². The van der Waals surface area contributed by atoms with Gasteiger partial charge in [0, 0.05) is 36.9 Å². The number of hydrogen-bond donors (Lipinski definition) is 1. The molecule has 5 rings (SSSR count). The van der Waals surface area contributed by atoms with Gasteiger partial charge in [0.15, 0.2) is 5.11 Å². The van der Waals surface area contributed by atoms with E-state index in [-0.39, 0.29) is 18.2 Å². The van der Waals surface area contributed by atoms with Crippen LogP contribution in [0.5, 0.6) is 0 Å². The van der Waals surface area contributed by atoms with Gasteiger partial charge in [-0.3, -0.25) is 4.98 Å². The summed E-state index contributed by atoms with van der Waals surface area (Å²) in [5.41, 5.74) is 5.95. The van der Waals surface area contributed by atoms with Crippen molar-refractivity contribution in [3.8, 4) is 5.69 Å². The second-order valence-electron chi connectivity index (χ2n) is 8.49. The highest BCUT2D eigenvalue weighted by molar-refractivity contribution is 7.80. The quantitative estimate of drug-likeness (QED) is 0.595. The predicted molar refractivity (Wildman–Crippen MR) is 126 cm³/mol. The molecule has 2 aromatic heterocycles. The van der Waals surface area contributed by atoms with Crippen LogP contribution in [0.3, 0.4) is 0 Å². The molecule has 0 spiro atoms. The Bertz CT molecular complexity index is 1070. The second kappa shape index (κ2) is 8.44. The first-order valence-corrected chi connectivity index (χ1v) is 11.4. The summed E-state index contributed by atoms with van der Waals surface area (Å²) in [6.07, 6.45) is 6.40. The largest absolute Gasteiger partial charge is 0.376 e. The van der Waals surface area contributed by atoms with Gasteiger partial charge in [0.1, 0.15) is 0 Å². The highest BCUT2D eigenvalue weighted by Gasteiger charge is 2.42. The minimum atomic E-state index is -0.0182. The first-order chi connectivity index (χ1) is 15.1. The summed E-state index contributed by atoms with van der Waals surface area (Å²) in [5, 5.41) is 4.33. The Hall–Kier alpha value is -2.70. The van der Waals surface area contributed by atoms with Crippen molar-refractivity contribution in [3.63, 3.8) is 0 Å². The Morgan fingerprint density at radius 3 is 2.77 bits per heavy atom. The number of benzene rings is 1. The van der Waals surface area contributed by atoms with Crippen LogP contribution in [0.15, 0.2) is 60.9 Å². The SMILES string of the molecule is Cc1ccc(-n2cccc2[C@@H]2[C@@H](c3ccccn3)NC(=S)N2C[C@@H]2CCCO2)cc1C. The number of nitrogens with one attached hydrogen (secondary N) is 1. The van der Waals surface area contributed by atoms with Crippen LogP contribution >= 0.6 is 12.2 Å². The third-order valence-electron chi connectivity index (χ3n) is 6.47. The molecule has 1 aromatic carbocycles. The first-order valence-electron chi connectivity index (χ1n) is 11.0. The predicted octanol–water partition coefficient (Wildman–Crippen LogP) is 4.64. The van der Waals surface area contributed by atoms with Crippen LogP contribution in [0.2, 0.25) is 0 Å². The number of rotatable bonds is 5. The zero-order valence-corrected chi connectivity index (χ0v) is 18.8. The number of pyridine rings is 1. The molecule has 3 atom stereocenters. The van der Waals surface area contributed by atoms with E-state index in [0.717, 1.165) is 42.5 Å². The van der Waals surface area contributed by atoms with Crippen molar-refractivity contribution in [2.75, 3.05) is 13.2 Å². The molecule has 2 fully saturated rings. The Balaban J connectivity index is 1.57. The molecule has 0 saturated carbocycles. The third-order valence-corrected chi connectivity index (χ3v) is 6.83. The van der Waals surface area contributed by atoms with Gasteiger partial charge in [0.25, 0.3) is 0 Å². The molecule has 6 heteroatoms. The van der Waals surface area contributed by atoms with E-state index in [4.69, 9.17) is 17.0 Å². The summed E-state index contributed by atoms with van der Waals surface area (Å²) in [7, 11) is 0. The summed E-state index contributed by atoms with van der Waals surface area (Å²) < 4.78 is 8.25. The van der Waals surface area contributed by atoms with Crippen LogP contribution in [0.25, 0.3) is 5.69 Å². The molecular weight excluding hydrogens is 404 g/mol. The number of aryl methyl sites for hydroxylation is 2. The zero-order chi connectivity index (χ0) is 21.4. The molecule has 31 heavy (non-hydrogen) atoms. The topological polar surface area (TPSA) is 42.3 Å². The van der Waals surface area contributed by atoms with Crippen molar-refractivity contribution >= 4 is 17.3 Å². The fourth-order valence-electron chi connectivity index (χ4n) is 4.68. The fourth-order valence-corrected chi connectivity index (χ4v) is 4.99. The van der Waals surface area contributed by atoms with Crippen molar-refractivity contribution in [1.29, 1.82) is 0 Å². The van der Waals surface area contributed by atoms with Crippen molar-refractivity contribution in [1.82, 2.24) is 19.8 Å². The maximum atomic E-state index is 5.96. The lowest BCUT2D eigenvalue weighted by atomic mass is 10.0. The molecule has 160 valence electrons. The highest BCUT2D eigenvalue weighted by Crippen LogP contribution is 2.40. The van der Waals surface area contributed by atoms with E-state index in [9.17, 15) is 0 Å². The van der Waals surface area contributed by atoms with Crippen LogP contribution in [0.4, 0.5) is 0 Å². The molecule has 0 aliphatic carbocycles. The number of aromatic nitrogens is 2. The Kier molecular flexibility index (Phi) is 5.50. The Labute approximate surface area is 189 Å². The van der Waals surface area contributed by atoms with Gasteiger partial charge in [-0.05, 0) is 86.4 Å². The minimum absolute atomic E-state index is 0.0182. The summed E-state index contributed by atoms with van der Waals surface area (Å²) >= 11 is 5.82. The number of nitrogens with zero attached hydrogens (tertiary/aromatic N) is 3. The van der Waals surface area contributed by atoms with E-state index in [0.29, 0.717) is 0 Å². The van der Waals surface area contributed by atoms with Gasteiger partial charge in [0.2, 0.25) is 0 Å². The van der Waals surface area contributed by atoms with Gasteiger partial charge in [-0.25, -0.2) is 0 Å². The van der Waals surface area contributed by atoms with Crippen LogP contribution in [-0.2, 0) is 4.74 Å². The number of thiocarbonyl (C=S) groups is 1. The van der Waals surface area contributed by atoms with E-state index in [1.807, 2.05) is 18.3 Å². The smallest absolute Gasteiger partial charge is 0.170 e. The standard InChI is InChI=1S/C25H28N4OS/c1-17-10-11-19(15-18(17)2)28-13-5-9-22(28)24-23(21-8-3-4-12-26-21)27-25(31)29(24)16-20-7-6-14-30-20/h3-5,8-13,15,20,23-24H,6-7,14,16H2,1-2H3,(H,27,31)/t20-,23+,24+/m0/s1. The average molecular weight is 433 g/mol. The van der Waals surface area contributed by atoms with E-state index in [2.05, 4.69) is 76.2 Å². The van der Waals surface area contributed by atoms with Gasteiger partial charge >= 0.3 is 0 Å². The summed E-state index contributed by atoms with van der Waals surface area (Å²) in [6.45, 7) is 5.94. The summed E-state index contributed by atoms with van der Waals surface area (Å²) in [4.78, 5) is 6.96. The average Bonchev–Trinajstić information content (AvgIpc) is 3.52. The van der Waals surface area contributed by atoms with Gasteiger partial charge < -0.3 is 19.5 Å². The normalized spacial score (nSPS) is 23.4. The van der Waals surface area contributed by atoms with E-state index >= 15 is 0 Å². The first kappa shape index (κ1) is 20.2. The lowest BCUT2D eigenvalue weighted by Gasteiger charge is -2.30. The lowest BCUT2D eigenvalue weighted by molar-refractivity contribution is 0.0836. The van der Waals surface area contributed by atoms with E-state index in [1.165, 1.54) is 16.8 Å². The third kappa shape index (κ3) is 3.86. The minimum Gasteiger partial charge on any atom is -0.376 e. The van der Waals surface area contributed by atoms with Crippen LogP contribution in [0, 0.1) is 13.8 Å². The van der Waals surface area contributed by atoms with Gasteiger partial charge in [-0.15, -0.1) is 0 Å². The van der Waals surface area contributed by atoms with E-state index < -0.39 is 0 Å². The van der Waals surface area contributed by atoms with Crippen molar-refractivity contribution < 1.29 is 4.74 Å². The van der Waals surface area contributed by atoms with Gasteiger partial charge in [0.05, 0.1) is 23.9 Å². The molecule has 0 amide bonds. The fraction of sp³-hybridized carbons (Fsp3) is 0.360. The molecule has 3 aromatic rings. The van der Waals surface area contributed by atoms with Gasteiger partial charge in [-0.2, -0.15) is 0 Å². The molecule has 0 bridgehead atoms. The molecule has 0 unspecified atom stereocenters. The molecule has 1 N–H and O–H groups in total. The Morgan fingerprint density at radius 1 is 1.13 bits per heavy atom. The summed E-state index contributed by atoms with van der Waals surface area (Å²) in [6, 6.07) is 17.0. The maximum absolute atomic E-state index is 5.96.